The molecule has 28 heavy (non-hydrogen) atoms. The zero-order valence-electron chi connectivity index (χ0n) is 13.5. The molecule has 0 fully saturated rings. The van der Waals surface area contributed by atoms with Crippen LogP contribution in [0, 0.1) is 0 Å². The molecule has 0 aliphatic carbocycles. The molecule has 3 rings (SSSR count). The molecule has 0 atom stereocenters. The number of fused-ring (bicyclic) bond motifs is 1. The monoisotopic (exact) mass is 430 g/mol. The molecule has 11 nitrogen and oxygen atoms in total. The van der Waals surface area contributed by atoms with Crippen LogP contribution in [0.4, 0.5) is 0 Å². The summed E-state index contributed by atoms with van der Waals surface area (Å²) in [4.78, 5) is 12.4. The van der Waals surface area contributed by atoms with Crippen molar-refractivity contribution in [2.45, 2.75) is 0 Å². The van der Waals surface area contributed by atoms with Crippen LogP contribution in [0.1, 0.15) is 0 Å². The van der Waals surface area contributed by atoms with Crippen LogP contribution in [0.25, 0.3) is 22.3 Å². The van der Waals surface area contributed by atoms with Gasteiger partial charge in [0.05, 0.1) is 0 Å². The Morgan fingerprint density at radius 3 is 2.07 bits per heavy atom. The molecule has 3 aromatic rings. The lowest BCUT2D eigenvalue weighted by Crippen LogP contribution is -2.12. The topological polar surface area (TPSA) is 178 Å². The highest BCUT2D eigenvalue weighted by Gasteiger charge is 2.26. The fraction of sp³-hybridized carbons (Fsp3) is 0. The second-order valence-corrected chi connectivity index (χ2v) is 7.33. The van der Waals surface area contributed by atoms with Crippen LogP contribution >= 0.6 is 0 Å². The summed E-state index contributed by atoms with van der Waals surface area (Å²) < 4.78 is 75.4. The third-order valence-electron chi connectivity index (χ3n) is 3.35. The van der Waals surface area contributed by atoms with Gasteiger partial charge >= 0.3 is 20.8 Å². The van der Waals surface area contributed by atoms with Crippen molar-refractivity contribution in [2.75, 3.05) is 0 Å². The Morgan fingerprint density at radius 2 is 1.50 bits per heavy atom. The van der Waals surface area contributed by atoms with Crippen molar-refractivity contribution in [2.24, 2.45) is 0 Å². The maximum Gasteiger partial charge on any atom is 0.446 e. The number of aromatic hydroxyl groups is 1. The van der Waals surface area contributed by atoms with E-state index >= 15 is 0 Å². The zero-order chi connectivity index (χ0) is 20.7. The molecule has 0 unspecified atom stereocenters. The molecule has 0 saturated carbocycles. The van der Waals surface area contributed by atoms with E-state index in [-0.39, 0.29) is 5.76 Å². The van der Waals surface area contributed by atoms with Crippen molar-refractivity contribution in [1.29, 1.82) is 0 Å². The van der Waals surface area contributed by atoms with Crippen molar-refractivity contribution < 1.29 is 43.8 Å². The lowest BCUT2D eigenvalue weighted by Gasteiger charge is -2.12. The zero-order valence-corrected chi connectivity index (χ0v) is 15.1. The van der Waals surface area contributed by atoms with E-state index in [1.807, 2.05) is 0 Å². The van der Waals surface area contributed by atoms with E-state index in [1.165, 1.54) is 0 Å². The molecule has 0 saturated heterocycles. The van der Waals surface area contributed by atoms with Gasteiger partial charge in [0.25, 0.3) is 0 Å². The van der Waals surface area contributed by atoms with Crippen LogP contribution in [0.3, 0.4) is 0 Å². The van der Waals surface area contributed by atoms with E-state index in [0.29, 0.717) is 11.6 Å². The van der Waals surface area contributed by atoms with Crippen LogP contribution in [-0.4, -0.2) is 31.0 Å². The second-order valence-electron chi connectivity index (χ2n) is 5.29. The Morgan fingerprint density at radius 1 is 0.893 bits per heavy atom. The Hall–Kier alpha value is -3.13. The van der Waals surface area contributed by atoms with Crippen molar-refractivity contribution in [3.8, 4) is 28.6 Å². The highest BCUT2D eigenvalue weighted by molar-refractivity contribution is 7.81. The van der Waals surface area contributed by atoms with Gasteiger partial charge in [0.1, 0.15) is 16.7 Å². The Labute approximate surface area is 157 Å². The van der Waals surface area contributed by atoms with Gasteiger partial charge in [-0.15, -0.1) is 0 Å². The van der Waals surface area contributed by atoms with Gasteiger partial charge in [-0.1, -0.05) is 30.3 Å². The van der Waals surface area contributed by atoms with Gasteiger partial charge in [-0.2, -0.15) is 16.8 Å². The van der Waals surface area contributed by atoms with Crippen molar-refractivity contribution in [1.82, 2.24) is 0 Å². The van der Waals surface area contributed by atoms with Gasteiger partial charge in [-0.25, -0.2) is 0 Å². The van der Waals surface area contributed by atoms with E-state index in [1.54, 1.807) is 30.3 Å². The molecule has 3 N–H and O–H groups in total. The summed E-state index contributed by atoms with van der Waals surface area (Å²) in [7, 11) is -10.5. The highest BCUT2D eigenvalue weighted by Crippen LogP contribution is 2.43. The third kappa shape index (κ3) is 4.23. The van der Waals surface area contributed by atoms with Gasteiger partial charge in [0.2, 0.25) is 5.75 Å². The number of phenolic OH excluding ortho intramolecular Hbond substituents is 1. The summed E-state index contributed by atoms with van der Waals surface area (Å²) in [6.07, 6.45) is 0. The number of hydrogen-bond acceptors (Lipinski definition) is 9. The molecule has 2 aromatic carbocycles. The lowest BCUT2D eigenvalue weighted by molar-refractivity contribution is 0.350. The molecule has 0 aliphatic rings. The highest BCUT2D eigenvalue weighted by atomic mass is 32.3. The summed E-state index contributed by atoms with van der Waals surface area (Å²) in [6, 6.07) is 9.94. The van der Waals surface area contributed by atoms with E-state index in [4.69, 9.17) is 13.5 Å². The summed E-state index contributed by atoms with van der Waals surface area (Å²) in [5.74, 6) is -3.45. The molecule has 0 radical (unpaired) electrons. The normalized spacial score (nSPS) is 12.1. The van der Waals surface area contributed by atoms with Crippen LogP contribution in [-0.2, 0) is 20.8 Å². The first-order chi connectivity index (χ1) is 12.9. The average molecular weight is 430 g/mol. The minimum Gasteiger partial charge on any atom is -0.504 e. The fourth-order valence-electron chi connectivity index (χ4n) is 2.37. The number of benzene rings is 2. The van der Waals surface area contributed by atoms with Crippen LogP contribution in [0.2, 0.25) is 0 Å². The molecule has 0 amide bonds. The standard InChI is InChI=1S/C15H10O11S2/c16-9-6-10(8-4-2-1-3-5-8)24-11-7-12(25-27(18,19)20)15(14(17)13(9)11)26-28(21,22)23/h1-7,17H,(H,18,19,20)(H,21,22,23). The van der Waals surface area contributed by atoms with E-state index in [9.17, 15) is 26.7 Å². The van der Waals surface area contributed by atoms with Crippen molar-refractivity contribution in [3.63, 3.8) is 0 Å². The predicted octanol–water partition coefficient (Wildman–Crippen LogP) is 1.53. The summed E-state index contributed by atoms with van der Waals surface area (Å²) in [5.41, 5.74) is -0.780. The molecular formula is C15H10O11S2. The largest absolute Gasteiger partial charge is 0.504 e. The van der Waals surface area contributed by atoms with Gasteiger partial charge in [-0.05, 0) is 0 Å². The molecular weight excluding hydrogens is 420 g/mol. The Kier molecular flexibility index (Phi) is 4.76. The van der Waals surface area contributed by atoms with Crippen LogP contribution < -0.4 is 13.8 Å². The second kappa shape index (κ2) is 6.79. The summed E-state index contributed by atoms with van der Waals surface area (Å²) >= 11 is 0. The van der Waals surface area contributed by atoms with Gasteiger partial charge < -0.3 is 17.9 Å². The number of hydrogen-bond donors (Lipinski definition) is 3. The van der Waals surface area contributed by atoms with Crippen LogP contribution in [0.5, 0.6) is 17.2 Å². The smallest absolute Gasteiger partial charge is 0.446 e. The molecule has 0 spiro atoms. The van der Waals surface area contributed by atoms with Crippen molar-refractivity contribution in [3.05, 3.63) is 52.7 Å². The number of phenols is 1. The molecule has 1 aromatic heterocycles. The van der Waals surface area contributed by atoms with E-state index in [0.717, 1.165) is 6.07 Å². The third-order valence-corrected chi connectivity index (χ3v) is 4.12. The van der Waals surface area contributed by atoms with Crippen molar-refractivity contribution >= 4 is 31.8 Å². The Bertz CT molecular complexity index is 1320. The van der Waals surface area contributed by atoms with Gasteiger partial charge in [-0.3, -0.25) is 13.9 Å². The Balaban J connectivity index is 2.35. The number of rotatable bonds is 5. The molecule has 1 heterocycles. The molecule has 0 bridgehead atoms. The predicted molar refractivity (Wildman–Crippen MR) is 93.9 cm³/mol. The van der Waals surface area contributed by atoms with Gasteiger partial charge in [0, 0.05) is 17.7 Å². The SMILES string of the molecule is O=c1cc(-c2ccccc2)oc2cc(OS(=O)(=O)O)c(OS(=O)(=O)O)c(O)c12. The first-order valence-electron chi connectivity index (χ1n) is 7.17. The van der Waals surface area contributed by atoms with E-state index in [2.05, 4.69) is 8.37 Å². The van der Waals surface area contributed by atoms with Crippen LogP contribution in [0.15, 0.2) is 51.7 Å². The minimum atomic E-state index is -5.26. The molecule has 148 valence electrons. The first-order valence-corrected chi connectivity index (χ1v) is 9.91. The average Bonchev–Trinajstić information content (AvgIpc) is 2.56. The van der Waals surface area contributed by atoms with Gasteiger partial charge in [0.15, 0.2) is 16.9 Å². The molecule has 13 heteroatoms. The maximum atomic E-state index is 12.4. The minimum absolute atomic E-state index is 0.0405. The summed E-state index contributed by atoms with van der Waals surface area (Å²) in [6.45, 7) is 0. The maximum absolute atomic E-state index is 12.4. The first kappa shape index (κ1) is 19.6. The quantitative estimate of drug-likeness (QED) is 0.500. The van der Waals surface area contributed by atoms with E-state index < -0.39 is 54.4 Å². The fourth-order valence-corrected chi connectivity index (χ4v) is 3.09. The lowest BCUT2D eigenvalue weighted by atomic mass is 10.1. The summed E-state index contributed by atoms with van der Waals surface area (Å²) in [5, 5.41) is 9.63. The molecule has 0 aliphatic heterocycles.